The van der Waals surface area contributed by atoms with Crippen LogP contribution in [0.2, 0.25) is 0 Å². The van der Waals surface area contributed by atoms with Crippen molar-refractivity contribution >= 4 is 27.5 Å². The maximum absolute atomic E-state index is 14.4. The number of ether oxygens (including phenoxy) is 1. The van der Waals surface area contributed by atoms with E-state index in [-0.39, 0.29) is 29.5 Å². The second-order valence-corrected chi connectivity index (χ2v) is 12.6. The standard InChI is InChI=1S/C36H40FN3O5S/c1-3-5-24-38-36(42)34(25-28-12-8-6-9-13-28)39(26-29-14-10-7-11-15-29)35(41)27-40(31-18-16-30(37)17-19-31)46(43,44)33-22-20-32(21-23-33)45-4-2/h6-23,34H,3-5,24-27H2,1-2H3,(H,38,42)/t34-/m1/s1. The number of nitrogens with zero attached hydrogens (tertiary/aromatic N) is 2. The smallest absolute Gasteiger partial charge is 0.264 e. The number of nitrogens with one attached hydrogen (secondary N) is 1. The minimum absolute atomic E-state index is 0.0682. The van der Waals surface area contributed by atoms with Gasteiger partial charge in [-0.25, -0.2) is 12.8 Å². The number of anilines is 1. The molecule has 4 rings (SSSR count). The third-order valence-corrected chi connectivity index (χ3v) is 9.20. The minimum atomic E-state index is -4.32. The molecule has 0 radical (unpaired) electrons. The normalized spacial score (nSPS) is 11.8. The monoisotopic (exact) mass is 645 g/mol. The van der Waals surface area contributed by atoms with Crippen LogP contribution < -0.4 is 14.4 Å². The Morgan fingerprint density at radius 3 is 2.02 bits per heavy atom. The highest BCUT2D eigenvalue weighted by Gasteiger charge is 2.34. The van der Waals surface area contributed by atoms with E-state index >= 15 is 0 Å². The Morgan fingerprint density at radius 2 is 1.43 bits per heavy atom. The first-order chi connectivity index (χ1) is 22.2. The topological polar surface area (TPSA) is 96.0 Å². The largest absolute Gasteiger partial charge is 0.494 e. The van der Waals surface area contributed by atoms with Crippen LogP contribution in [-0.2, 0) is 32.6 Å². The maximum Gasteiger partial charge on any atom is 0.264 e. The van der Waals surface area contributed by atoms with Gasteiger partial charge in [-0.3, -0.25) is 13.9 Å². The van der Waals surface area contributed by atoms with Crippen LogP contribution in [0.5, 0.6) is 5.75 Å². The Hall–Kier alpha value is -4.70. The highest BCUT2D eigenvalue weighted by atomic mass is 32.2. The second-order valence-electron chi connectivity index (χ2n) is 10.7. The van der Waals surface area contributed by atoms with Crippen molar-refractivity contribution in [3.8, 4) is 5.75 Å². The van der Waals surface area contributed by atoms with Crippen LogP contribution in [-0.4, -0.2) is 50.9 Å². The van der Waals surface area contributed by atoms with Crippen LogP contribution in [0.4, 0.5) is 10.1 Å². The number of carbonyl (C=O) groups is 2. The van der Waals surface area contributed by atoms with Crippen molar-refractivity contribution in [2.45, 2.75) is 50.6 Å². The summed E-state index contributed by atoms with van der Waals surface area (Å²) in [6.45, 7) is 4.15. The number of rotatable bonds is 16. The zero-order chi connectivity index (χ0) is 32.9. The fraction of sp³-hybridized carbons (Fsp3) is 0.278. The van der Waals surface area contributed by atoms with Gasteiger partial charge in [-0.1, -0.05) is 74.0 Å². The van der Waals surface area contributed by atoms with Crippen molar-refractivity contribution in [3.63, 3.8) is 0 Å². The molecule has 4 aromatic carbocycles. The Labute approximate surface area is 270 Å². The molecule has 0 bridgehead atoms. The summed E-state index contributed by atoms with van der Waals surface area (Å²) in [5.41, 5.74) is 1.73. The van der Waals surface area contributed by atoms with Crippen molar-refractivity contribution in [2.75, 3.05) is 24.0 Å². The molecule has 0 aromatic heterocycles. The van der Waals surface area contributed by atoms with Gasteiger partial charge in [-0.2, -0.15) is 0 Å². The molecule has 4 aromatic rings. The number of halogens is 1. The minimum Gasteiger partial charge on any atom is -0.494 e. The van der Waals surface area contributed by atoms with Gasteiger partial charge in [0.15, 0.2) is 0 Å². The molecule has 242 valence electrons. The lowest BCUT2D eigenvalue weighted by Gasteiger charge is -2.34. The third-order valence-electron chi connectivity index (χ3n) is 7.41. The molecule has 0 unspecified atom stereocenters. The average molecular weight is 646 g/mol. The Kier molecular flexibility index (Phi) is 12.3. The molecule has 0 aliphatic heterocycles. The lowest BCUT2D eigenvalue weighted by atomic mass is 10.0. The second kappa shape index (κ2) is 16.6. The predicted octanol–water partition coefficient (Wildman–Crippen LogP) is 5.98. The molecule has 8 nitrogen and oxygen atoms in total. The molecule has 0 aliphatic rings. The molecule has 2 amide bonds. The van der Waals surface area contributed by atoms with Crippen LogP contribution in [0.25, 0.3) is 0 Å². The van der Waals surface area contributed by atoms with E-state index in [0.29, 0.717) is 18.9 Å². The predicted molar refractivity (Wildman–Crippen MR) is 177 cm³/mol. The van der Waals surface area contributed by atoms with Crippen LogP contribution in [0.15, 0.2) is 114 Å². The first-order valence-electron chi connectivity index (χ1n) is 15.4. The van der Waals surface area contributed by atoms with Crippen molar-refractivity contribution in [2.24, 2.45) is 0 Å². The number of sulfonamides is 1. The van der Waals surface area contributed by atoms with E-state index in [1.165, 1.54) is 29.2 Å². The molecule has 10 heteroatoms. The molecular formula is C36H40FN3O5S. The maximum atomic E-state index is 14.4. The lowest BCUT2D eigenvalue weighted by Crippen LogP contribution is -2.53. The van der Waals surface area contributed by atoms with Crippen LogP contribution in [0.1, 0.15) is 37.8 Å². The molecule has 46 heavy (non-hydrogen) atoms. The zero-order valence-electron chi connectivity index (χ0n) is 26.1. The molecular weight excluding hydrogens is 605 g/mol. The summed E-state index contributed by atoms with van der Waals surface area (Å²) in [4.78, 5) is 29.6. The summed E-state index contributed by atoms with van der Waals surface area (Å²) >= 11 is 0. The molecule has 0 heterocycles. The van der Waals surface area contributed by atoms with Gasteiger partial charge in [0.25, 0.3) is 10.0 Å². The van der Waals surface area contributed by atoms with E-state index in [1.54, 1.807) is 12.1 Å². The van der Waals surface area contributed by atoms with Crippen molar-refractivity contribution in [1.82, 2.24) is 10.2 Å². The van der Waals surface area contributed by atoms with Crippen molar-refractivity contribution in [1.29, 1.82) is 0 Å². The van der Waals surface area contributed by atoms with E-state index in [0.717, 1.165) is 40.4 Å². The SMILES string of the molecule is CCCCNC(=O)[C@@H](Cc1ccccc1)N(Cc1ccccc1)C(=O)CN(c1ccc(F)cc1)S(=O)(=O)c1ccc(OCC)cc1. The van der Waals surface area contributed by atoms with Gasteiger partial charge in [0.2, 0.25) is 11.8 Å². The van der Waals surface area contributed by atoms with Crippen LogP contribution in [0.3, 0.4) is 0 Å². The molecule has 0 saturated heterocycles. The molecule has 1 N–H and O–H groups in total. The average Bonchev–Trinajstić information content (AvgIpc) is 3.07. The highest BCUT2D eigenvalue weighted by Crippen LogP contribution is 2.27. The van der Waals surface area contributed by atoms with Gasteiger partial charge < -0.3 is 15.0 Å². The zero-order valence-corrected chi connectivity index (χ0v) is 27.0. The lowest BCUT2D eigenvalue weighted by molar-refractivity contribution is -0.140. The summed E-state index contributed by atoms with van der Waals surface area (Å²) in [6.07, 6.45) is 1.88. The van der Waals surface area contributed by atoms with E-state index in [4.69, 9.17) is 4.74 Å². The summed E-state index contributed by atoms with van der Waals surface area (Å²) in [7, 11) is -4.32. The molecule has 0 spiro atoms. The van der Waals surface area contributed by atoms with E-state index in [9.17, 15) is 22.4 Å². The highest BCUT2D eigenvalue weighted by molar-refractivity contribution is 7.92. The van der Waals surface area contributed by atoms with E-state index < -0.39 is 34.3 Å². The fourth-order valence-corrected chi connectivity index (χ4v) is 6.39. The molecule has 0 saturated carbocycles. The first kappa shape index (κ1) is 34.2. The van der Waals surface area contributed by atoms with Gasteiger partial charge in [0.1, 0.15) is 24.2 Å². The molecule has 1 atom stereocenters. The number of carbonyl (C=O) groups excluding carboxylic acids is 2. The molecule has 0 aliphatic carbocycles. The number of amides is 2. The summed E-state index contributed by atoms with van der Waals surface area (Å²) in [5, 5.41) is 2.97. The number of unbranched alkanes of at least 4 members (excludes halogenated alkanes) is 1. The van der Waals surface area contributed by atoms with Gasteiger partial charge in [0.05, 0.1) is 17.2 Å². The van der Waals surface area contributed by atoms with Gasteiger partial charge >= 0.3 is 0 Å². The van der Waals surface area contributed by atoms with Gasteiger partial charge in [-0.05, 0) is 73.0 Å². The van der Waals surface area contributed by atoms with E-state index in [2.05, 4.69) is 5.32 Å². The van der Waals surface area contributed by atoms with E-state index in [1.807, 2.05) is 74.5 Å². The Morgan fingerprint density at radius 1 is 0.826 bits per heavy atom. The summed E-state index contributed by atoms with van der Waals surface area (Å²) < 4.78 is 48.6. The quantitative estimate of drug-likeness (QED) is 0.151. The summed E-state index contributed by atoms with van der Waals surface area (Å²) in [5.74, 6) is -0.970. The third kappa shape index (κ3) is 9.17. The van der Waals surface area contributed by atoms with Gasteiger partial charge in [0, 0.05) is 19.5 Å². The number of hydrogen-bond acceptors (Lipinski definition) is 5. The Bertz CT molecular complexity index is 1650. The van der Waals surface area contributed by atoms with Crippen LogP contribution >= 0.6 is 0 Å². The van der Waals surface area contributed by atoms with Crippen LogP contribution in [0, 0.1) is 5.82 Å². The first-order valence-corrected chi connectivity index (χ1v) is 16.8. The van der Waals surface area contributed by atoms with Gasteiger partial charge in [-0.15, -0.1) is 0 Å². The number of hydrogen-bond donors (Lipinski definition) is 1. The summed E-state index contributed by atoms with van der Waals surface area (Å²) in [6, 6.07) is 28.5. The van der Waals surface area contributed by atoms with Crippen molar-refractivity contribution < 1.29 is 27.1 Å². The number of benzene rings is 4. The molecule has 0 fully saturated rings. The fourth-order valence-electron chi connectivity index (χ4n) is 4.98. The Balaban J connectivity index is 1.76. The van der Waals surface area contributed by atoms with Crippen molar-refractivity contribution in [3.05, 3.63) is 126 Å².